The number of aryl methyl sites for hydroxylation is 1. The van der Waals surface area contributed by atoms with Crippen LogP contribution in [0, 0.1) is 17.8 Å². The van der Waals surface area contributed by atoms with Crippen molar-refractivity contribution in [1.82, 2.24) is 5.32 Å². The molecule has 0 spiro atoms. The van der Waals surface area contributed by atoms with Crippen LogP contribution in [0.15, 0.2) is 24.3 Å². The van der Waals surface area contributed by atoms with E-state index >= 15 is 0 Å². The molecule has 126 valence electrons. The van der Waals surface area contributed by atoms with E-state index in [1.165, 1.54) is 0 Å². The molecule has 1 fully saturated rings. The summed E-state index contributed by atoms with van der Waals surface area (Å²) in [5.41, 5.74) is 1.20. The number of carboxylic acids is 1. The van der Waals surface area contributed by atoms with Gasteiger partial charge in [0.1, 0.15) is 0 Å². The highest BCUT2D eigenvalue weighted by molar-refractivity contribution is 5.85. The lowest BCUT2D eigenvalue weighted by Gasteiger charge is -2.38. The smallest absolute Gasteiger partial charge is 0.310 e. The normalized spacial score (nSPS) is 17.9. The molecule has 1 aromatic rings. The molecule has 1 aromatic carbocycles. The van der Waals surface area contributed by atoms with Crippen molar-refractivity contribution in [3.63, 3.8) is 0 Å². The van der Waals surface area contributed by atoms with Crippen LogP contribution in [0.25, 0.3) is 0 Å². The molecular weight excluding hydrogens is 290 g/mol. The van der Waals surface area contributed by atoms with Gasteiger partial charge < -0.3 is 10.4 Å². The van der Waals surface area contributed by atoms with Crippen molar-refractivity contribution in [2.45, 2.75) is 59.4 Å². The molecule has 0 saturated heterocycles. The van der Waals surface area contributed by atoms with Crippen molar-refractivity contribution in [3.05, 3.63) is 35.4 Å². The van der Waals surface area contributed by atoms with E-state index in [0.717, 1.165) is 17.5 Å². The van der Waals surface area contributed by atoms with E-state index in [2.05, 4.69) is 32.2 Å². The van der Waals surface area contributed by atoms with Crippen molar-refractivity contribution in [3.8, 4) is 0 Å². The van der Waals surface area contributed by atoms with E-state index in [1.54, 1.807) is 0 Å². The lowest BCUT2D eigenvalue weighted by atomic mass is 9.66. The Hall–Kier alpha value is -1.84. The maximum atomic E-state index is 12.5. The highest BCUT2D eigenvalue weighted by Crippen LogP contribution is 2.44. The Morgan fingerprint density at radius 2 is 1.96 bits per heavy atom. The standard InChI is InChI=1S/C19H27NO3/c1-13-7-5-8-14(11-13)16(18(2,3)4)20-15(21)12-19(17(22)23)9-6-10-19/h5,7-8,11,16H,6,9-10,12H2,1-4H3,(H,20,21)(H,22,23). The van der Waals surface area contributed by atoms with Crippen molar-refractivity contribution in [1.29, 1.82) is 0 Å². The maximum Gasteiger partial charge on any atom is 0.310 e. The monoisotopic (exact) mass is 317 g/mol. The molecule has 1 aliphatic rings. The number of aliphatic carboxylic acids is 1. The van der Waals surface area contributed by atoms with Crippen molar-refractivity contribution in [2.24, 2.45) is 10.8 Å². The van der Waals surface area contributed by atoms with Gasteiger partial charge in [-0.15, -0.1) is 0 Å². The number of hydrogen-bond donors (Lipinski definition) is 2. The number of hydrogen-bond acceptors (Lipinski definition) is 2. The molecule has 0 aromatic heterocycles. The third-order valence-corrected chi connectivity index (χ3v) is 4.81. The van der Waals surface area contributed by atoms with Gasteiger partial charge in [0.25, 0.3) is 0 Å². The van der Waals surface area contributed by atoms with Crippen LogP contribution >= 0.6 is 0 Å². The number of nitrogens with one attached hydrogen (secondary N) is 1. The van der Waals surface area contributed by atoms with Crippen LogP contribution in [0.3, 0.4) is 0 Å². The zero-order valence-corrected chi connectivity index (χ0v) is 14.5. The number of carbonyl (C=O) groups excluding carboxylic acids is 1. The lowest BCUT2D eigenvalue weighted by molar-refractivity contribution is -0.157. The molecular formula is C19H27NO3. The van der Waals surface area contributed by atoms with Crippen LogP contribution in [0.2, 0.25) is 0 Å². The van der Waals surface area contributed by atoms with Crippen LogP contribution in [-0.2, 0) is 9.59 Å². The number of benzene rings is 1. The molecule has 2 N–H and O–H groups in total. The molecule has 1 saturated carbocycles. The molecule has 23 heavy (non-hydrogen) atoms. The van der Waals surface area contributed by atoms with E-state index < -0.39 is 11.4 Å². The average Bonchev–Trinajstić information content (AvgIpc) is 2.38. The number of carboxylic acid groups (broad SMARTS) is 1. The molecule has 0 radical (unpaired) electrons. The van der Waals surface area contributed by atoms with Crippen molar-refractivity contribution < 1.29 is 14.7 Å². The number of rotatable bonds is 5. The first-order chi connectivity index (χ1) is 10.6. The van der Waals surface area contributed by atoms with Gasteiger partial charge in [-0.2, -0.15) is 0 Å². The molecule has 2 rings (SSSR count). The minimum absolute atomic E-state index is 0.0702. The van der Waals surface area contributed by atoms with Crippen LogP contribution in [0.1, 0.15) is 63.6 Å². The Labute approximate surface area is 138 Å². The first kappa shape index (κ1) is 17.5. The summed E-state index contributed by atoms with van der Waals surface area (Å²) in [5, 5.41) is 12.5. The molecule has 1 amide bonds. The molecule has 0 bridgehead atoms. The van der Waals surface area contributed by atoms with Crippen LogP contribution in [0.4, 0.5) is 0 Å². The number of carbonyl (C=O) groups is 2. The molecule has 0 aliphatic heterocycles. The summed E-state index contributed by atoms with van der Waals surface area (Å²) < 4.78 is 0. The quantitative estimate of drug-likeness (QED) is 0.867. The Bertz CT molecular complexity index is 597. The zero-order valence-electron chi connectivity index (χ0n) is 14.5. The predicted molar refractivity (Wildman–Crippen MR) is 90.1 cm³/mol. The van der Waals surface area contributed by atoms with Gasteiger partial charge in [-0.25, -0.2) is 0 Å². The summed E-state index contributed by atoms with van der Waals surface area (Å²) in [4.78, 5) is 24.0. The van der Waals surface area contributed by atoms with Gasteiger partial charge in [-0.1, -0.05) is 57.0 Å². The second-order valence-corrected chi connectivity index (χ2v) is 7.90. The Balaban J connectivity index is 2.15. The van der Waals surface area contributed by atoms with Crippen molar-refractivity contribution >= 4 is 11.9 Å². The zero-order chi connectivity index (χ0) is 17.3. The highest BCUT2D eigenvalue weighted by atomic mass is 16.4. The van der Waals surface area contributed by atoms with Gasteiger partial charge in [-0.05, 0) is 30.7 Å². The summed E-state index contributed by atoms with van der Waals surface area (Å²) >= 11 is 0. The lowest BCUT2D eigenvalue weighted by Crippen LogP contribution is -2.44. The summed E-state index contributed by atoms with van der Waals surface area (Å²) in [6, 6.07) is 7.96. The summed E-state index contributed by atoms with van der Waals surface area (Å²) in [6.45, 7) is 8.27. The molecule has 1 unspecified atom stereocenters. The van der Waals surface area contributed by atoms with E-state index in [0.29, 0.717) is 12.8 Å². The first-order valence-electron chi connectivity index (χ1n) is 8.23. The van der Waals surface area contributed by atoms with Crippen molar-refractivity contribution in [2.75, 3.05) is 0 Å². The second-order valence-electron chi connectivity index (χ2n) is 7.90. The van der Waals surface area contributed by atoms with Gasteiger partial charge in [0.2, 0.25) is 5.91 Å². The fraction of sp³-hybridized carbons (Fsp3) is 0.579. The summed E-state index contributed by atoms with van der Waals surface area (Å²) in [6.07, 6.45) is 2.15. The minimum atomic E-state index is -0.848. The number of amides is 1. The highest BCUT2D eigenvalue weighted by Gasteiger charge is 2.46. The molecule has 1 aliphatic carbocycles. The SMILES string of the molecule is Cc1cccc(C(NC(=O)CC2(C(=O)O)CCC2)C(C)(C)C)c1. The Kier molecular flexibility index (Phi) is 4.83. The van der Waals surface area contributed by atoms with Gasteiger partial charge in [0.15, 0.2) is 0 Å². The van der Waals surface area contributed by atoms with Gasteiger partial charge >= 0.3 is 5.97 Å². The molecule has 4 nitrogen and oxygen atoms in total. The fourth-order valence-corrected chi connectivity index (χ4v) is 3.24. The Morgan fingerprint density at radius 3 is 2.39 bits per heavy atom. The third-order valence-electron chi connectivity index (χ3n) is 4.81. The maximum absolute atomic E-state index is 12.5. The summed E-state index contributed by atoms with van der Waals surface area (Å²) in [5.74, 6) is -1.02. The van der Waals surface area contributed by atoms with Gasteiger partial charge in [0.05, 0.1) is 11.5 Å². The molecule has 1 atom stereocenters. The van der Waals surface area contributed by atoms with E-state index in [1.807, 2.05) is 25.1 Å². The van der Waals surface area contributed by atoms with E-state index in [9.17, 15) is 14.7 Å². The second kappa shape index (κ2) is 6.34. The first-order valence-corrected chi connectivity index (χ1v) is 8.23. The minimum Gasteiger partial charge on any atom is -0.481 e. The molecule has 0 heterocycles. The van der Waals surface area contributed by atoms with E-state index in [-0.39, 0.29) is 23.8 Å². The predicted octanol–water partition coefficient (Wildman–Crippen LogP) is 3.84. The van der Waals surface area contributed by atoms with Crippen LogP contribution < -0.4 is 5.32 Å². The molecule has 4 heteroatoms. The largest absolute Gasteiger partial charge is 0.481 e. The fourth-order valence-electron chi connectivity index (χ4n) is 3.24. The van der Waals surface area contributed by atoms with E-state index in [4.69, 9.17) is 0 Å². The topological polar surface area (TPSA) is 66.4 Å². The van der Waals surface area contributed by atoms with Gasteiger partial charge in [-0.3, -0.25) is 9.59 Å². The Morgan fingerprint density at radius 1 is 1.30 bits per heavy atom. The average molecular weight is 317 g/mol. The van der Waals surface area contributed by atoms with Crippen LogP contribution in [-0.4, -0.2) is 17.0 Å². The van der Waals surface area contributed by atoms with Gasteiger partial charge in [0, 0.05) is 6.42 Å². The van der Waals surface area contributed by atoms with Crippen LogP contribution in [0.5, 0.6) is 0 Å². The summed E-state index contributed by atoms with van der Waals surface area (Å²) in [7, 11) is 0. The third kappa shape index (κ3) is 3.92.